The van der Waals surface area contributed by atoms with Gasteiger partial charge in [0.2, 0.25) is 5.28 Å². The Morgan fingerprint density at radius 1 is 1.38 bits per heavy atom. The number of aromatic nitrogens is 4. The quantitative estimate of drug-likeness (QED) is 0.654. The van der Waals surface area contributed by atoms with Crippen molar-refractivity contribution in [2.24, 2.45) is 5.73 Å². The first-order valence-electron chi connectivity index (χ1n) is 7.78. The fourth-order valence-corrected chi connectivity index (χ4v) is 3.87. The summed E-state index contributed by atoms with van der Waals surface area (Å²) in [6.45, 7) is 4.71. The van der Waals surface area contributed by atoms with Crippen LogP contribution in [0.5, 0.6) is 0 Å². The molecule has 3 N–H and O–H groups in total. The maximum Gasteiger partial charge on any atom is 0.224 e. The van der Waals surface area contributed by atoms with Crippen LogP contribution in [0.2, 0.25) is 5.28 Å². The zero-order chi connectivity index (χ0) is 17.1. The van der Waals surface area contributed by atoms with Crippen LogP contribution in [0.4, 0.5) is 5.82 Å². The molecular weight excluding hydrogens is 344 g/mol. The van der Waals surface area contributed by atoms with Gasteiger partial charge in [-0.25, -0.2) is 15.0 Å². The lowest BCUT2D eigenvalue weighted by atomic mass is 10.1. The molecular formula is C16H19ClN6S. The van der Waals surface area contributed by atoms with Crippen LogP contribution < -0.4 is 11.1 Å². The fourth-order valence-electron chi connectivity index (χ4n) is 2.40. The summed E-state index contributed by atoms with van der Waals surface area (Å²) in [5, 5.41) is 3.54. The Morgan fingerprint density at radius 3 is 2.92 bits per heavy atom. The van der Waals surface area contributed by atoms with E-state index in [2.05, 4.69) is 39.1 Å². The van der Waals surface area contributed by atoms with Crippen molar-refractivity contribution in [2.75, 3.05) is 5.32 Å². The van der Waals surface area contributed by atoms with Crippen molar-refractivity contribution in [3.63, 3.8) is 0 Å². The van der Waals surface area contributed by atoms with Crippen molar-refractivity contribution in [3.05, 3.63) is 40.0 Å². The minimum atomic E-state index is 0.151. The third-order valence-electron chi connectivity index (χ3n) is 3.89. The predicted octanol–water partition coefficient (Wildman–Crippen LogP) is 3.34. The van der Waals surface area contributed by atoms with Gasteiger partial charge in [0.15, 0.2) is 0 Å². The molecule has 0 spiro atoms. The molecule has 0 aliphatic carbocycles. The van der Waals surface area contributed by atoms with Crippen molar-refractivity contribution in [1.29, 1.82) is 0 Å². The molecule has 0 radical (unpaired) electrons. The van der Waals surface area contributed by atoms with Crippen LogP contribution in [0, 0.1) is 6.92 Å². The largest absolute Gasteiger partial charge is 0.363 e. The third-order valence-corrected chi connectivity index (χ3v) is 5.37. The number of hydrogen-bond acceptors (Lipinski definition) is 7. The van der Waals surface area contributed by atoms with Crippen LogP contribution >= 0.6 is 22.9 Å². The monoisotopic (exact) mass is 362 g/mol. The second-order valence-electron chi connectivity index (χ2n) is 5.60. The van der Waals surface area contributed by atoms with Crippen LogP contribution in [-0.2, 0) is 13.0 Å². The van der Waals surface area contributed by atoms with Gasteiger partial charge in [0.1, 0.15) is 12.1 Å². The predicted molar refractivity (Wildman–Crippen MR) is 98.5 cm³/mol. The second-order valence-corrected chi connectivity index (χ2v) is 7.04. The summed E-state index contributed by atoms with van der Waals surface area (Å²) in [7, 11) is 0. The topological polar surface area (TPSA) is 89.6 Å². The average molecular weight is 363 g/mol. The normalized spacial score (nSPS) is 12.5. The lowest BCUT2D eigenvalue weighted by molar-refractivity contribution is 0.650. The number of aryl methyl sites for hydroxylation is 1. The summed E-state index contributed by atoms with van der Waals surface area (Å²) in [5.74, 6) is 0.730. The molecule has 6 nitrogen and oxygen atoms in total. The van der Waals surface area contributed by atoms with Gasteiger partial charge in [0, 0.05) is 17.1 Å². The number of nitrogens with zero attached hydrogens (tertiary/aromatic N) is 4. The smallest absolute Gasteiger partial charge is 0.224 e. The van der Waals surface area contributed by atoms with Crippen LogP contribution in [0.1, 0.15) is 29.5 Å². The van der Waals surface area contributed by atoms with Gasteiger partial charge in [-0.05, 0) is 43.0 Å². The van der Waals surface area contributed by atoms with Crippen LogP contribution in [0.25, 0.3) is 10.2 Å². The molecule has 3 rings (SSSR count). The third kappa shape index (κ3) is 3.63. The van der Waals surface area contributed by atoms with Crippen molar-refractivity contribution in [3.8, 4) is 0 Å². The molecule has 0 aromatic carbocycles. The first kappa shape index (κ1) is 17.0. The van der Waals surface area contributed by atoms with E-state index in [1.807, 2.05) is 6.07 Å². The number of fused-ring (bicyclic) bond motifs is 1. The Labute approximate surface area is 149 Å². The van der Waals surface area contributed by atoms with E-state index in [9.17, 15) is 0 Å². The van der Waals surface area contributed by atoms with Gasteiger partial charge in [-0.1, -0.05) is 6.92 Å². The van der Waals surface area contributed by atoms with Gasteiger partial charge in [-0.15, -0.1) is 11.3 Å². The Kier molecular flexibility index (Phi) is 5.23. The summed E-state index contributed by atoms with van der Waals surface area (Å²) in [5.41, 5.74) is 9.02. The SMILES string of the molecule is CCC(N)Cc1sc2c(NCc3ccncn3)nc(Cl)nc2c1C. The van der Waals surface area contributed by atoms with E-state index in [-0.39, 0.29) is 11.3 Å². The van der Waals surface area contributed by atoms with E-state index >= 15 is 0 Å². The van der Waals surface area contributed by atoms with Gasteiger partial charge in [0.25, 0.3) is 0 Å². The highest BCUT2D eigenvalue weighted by Crippen LogP contribution is 2.35. The molecule has 24 heavy (non-hydrogen) atoms. The Balaban J connectivity index is 1.93. The molecule has 3 aromatic heterocycles. The van der Waals surface area contributed by atoms with Crippen molar-refractivity contribution < 1.29 is 0 Å². The van der Waals surface area contributed by atoms with Crippen LogP contribution in [0.3, 0.4) is 0 Å². The summed E-state index contributed by atoms with van der Waals surface area (Å²) >= 11 is 7.79. The van der Waals surface area contributed by atoms with Crippen molar-refractivity contribution in [1.82, 2.24) is 19.9 Å². The summed E-state index contributed by atoms with van der Waals surface area (Å²) in [6.07, 6.45) is 5.02. The average Bonchev–Trinajstić information content (AvgIpc) is 2.90. The minimum absolute atomic E-state index is 0.151. The molecule has 1 atom stereocenters. The number of nitrogens with one attached hydrogen (secondary N) is 1. The lowest BCUT2D eigenvalue weighted by Gasteiger charge is -2.06. The first-order chi connectivity index (χ1) is 11.6. The molecule has 8 heteroatoms. The maximum absolute atomic E-state index is 6.11. The molecule has 126 valence electrons. The van der Waals surface area contributed by atoms with E-state index in [4.69, 9.17) is 17.3 Å². The highest BCUT2D eigenvalue weighted by molar-refractivity contribution is 7.19. The van der Waals surface area contributed by atoms with E-state index in [1.54, 1.807) is 17.5 Å². The number of halogens is 1. The van der Waals surface area contributed by atoms with E-state index in [0.717, 1.165) is 40.1 Å². The zero-order valence-corrected chi connectivity index (χ0v) is 15.2. The van der Waals surface area contributed by atoms with E-state index in [0.29, 0.717) is 6.54 Å². The summed E-state index contributed by atoms with van der Waals surface area (Å²) < 4.78 is 1.00. The number of hydrogen-bond donors (Lipinski definition) is 2. The van der Waals surface area contributed by atoms with E-state index in [1.165, 1.54) is 11.2 Å². The minimum Gasteiger partial charge on any atom is -0.363 e. The van der Waals surface area contributed by atoms with Gasteiger partial charge in [-0.3, -0.25) is 0 Å². The summed E-state index contributed by atoms with van der Waals surface area (Å²) in [4.78, 5) is 18.1. The molecule has 1 unspecified atom stereocenters. The number of anilines is 1. The molecule has 0 saturated heterocycles. The second kappa shape index (κ2) is 7.38. The van der Waals surface area contributed by atoms with Gasteiger partial charge in [-0.2, -0.15) is 4.98 Å². The van der Waals surface area contributed by atoms with Crippen molar-refractivity contribution in [2.45, 2.75) is 39.3 Å². The number of nitrogens with two attached hydrogens (primary N) is 1. The Morgan fingerprint density at radius 2 is 2.21 bits per heavy atom. The van der Waals surface area contributed by atoms with Crippen LogP contribution in [-0.4, -0.2) is 26.0 Å². The number of thiophene rings is 1. The molecule has 0 aliphatic rings. The molecule has 0 bridgehead atoms. The molecule has 0 amide bonds. The maximum atomic E-state index is 6.11. The van der Waals surface area contributed by atoms with Gasteiger partial charge >= 0.3 is 0 Å². The van der Waals surface area contributed by atoms with E-state index < -0.39 is 0 Å². The highest BCUT2D eigenvalue weighted by atomic mass is 35.5. The zero-order valence-electron chi connectivity index (χ0n) is 13.6. The fraction of sp³-hybridized carbons (Fsp3) is 0.375. The van der Waals surface area contributed by atoms with Crippen LogP contribution in [0.15, 0.2) is 18.6 Å². The lowest BCUT2D eigenvalue weighted by Crippen LogP contribution is -2.21. The molecule has 0 aliphatic heterocycles. The molecule has 0 fully saturated rings. The molecule has 3 heterocycles. The number of rotatable bonds is 6. The Bertz CT molecular complexity index is 835. The first-order valence-corrected chi connectivity index (χ1v) is 8.97. The molecule has 0 saturated carbocycles. The van der Waals surface area contributed by atoms with Gasteiger partial charge < -0.3 is 11.1 Å². The standard InChI is InChI=1S/C16H19ClN6S/c1-3-10(18)6-12-9(2)13-14(24-12)15(23-16(17)22-13)20-7-11-4-5-19-8-21-11/h4-5,8,10H,3,6-7,18H2,1-2H3,(H,20,22,23). The molecule has 3 aromatic rings. The Hall–Kier alpha value is -1.83. The summed E-state index contributed by atoms with van der Waals surface area (Å²) in [6, 6.07) is 2.01. The van der Waals surface area contributed by atoms with Gasteiger partial charge in [0.05, 0.1) is 22.5 Å². The highest BCUT2D eigenvalue weighted by Gasteiger charge is 2.17. The van der Waals surface area contributed by atoms with Crippen molar-refractivity contribution >= 4 is 39.0 Å².